The number of halogens is 1. The Labute approximate surface area is 252 Å². The predicted molar refractivity (Wildman–Crippen MR) is 182 cm³/mol. The molecule has 0 radical (unpaired) electrons. The molecule has 1 aliphatic carbocycles. The first-order chi connectivity index (χ1) is 21.3. The van der Waals surface area contributed by atoms with Gasteiger partial charge in [-0.25, -0.2) is 0 Å². The zero-order chi connectivity index (χ0) is 28.2. The maximum absolute atomic E-state index is 7.37. The third kappa shape index (κ3) is 2.93. The third-order valence-corrected chi connectivity index (χ3v) is 9.59. The number of rotatable bonds is 2. The number of fused-ring (bicyclic) bond motifs is 7. The second kappa shape index (κ2) is 8.38. The molecule has 0 fully saturated rings. The Morgan fingerprint density at radius 3 is 1.72 bits per heavy atom. The lowest BCUT2D eigenvalue weighted by Gasteiger charge is -2.16. The van der Waals surface area contributed by atoms with Gasteiger partial charge in [0.05, 0.1) is 27.1 Å². The molecule has 3 heteroatoms. The molecular formula is C40H23ClN2. The zero-order valence-electron chi connectivity index (χ0n) is 23.1. The van der Waals surface area contributed by atoms with E-state index in [0.29, 0.717) is 0 Å². The van der Waals surface area contributed by atoms with Crippen molar-refractivity contribution in [1.82, 2.24) is 9.13 Å². The fourth-order valence-corrected chi connectivity index (χ4v) is 7.91. The summed E-state index contributed by atoms with van der Waals surface area (Å²) in [5, 5.41) is 8.11. The second-order valence-electron chi connectivity index (χ2n) is 11.4. The highest BCUT2D eigenvalue weighted by Gasteiger charge is 2.29. The molecule has 0 bridgehead atoms. The molecule has 2 nitrogen and oxygen atoms in total. The van der Waals surface area contributed by atoms with Gasteiger partial charge in [0.15, 0.2) is 0 Å². The Bertz CT molecular complexity index is 2610. The fraction of sp³-hybridized carbons (Fsp3) is 0. The van der Waals surface area contributed by atoms with Crippen molar-refractivity contribution in [1.29, 1.82) is 0 Å². The minimum absolute atomic E-state index is 0.761. The summed E-state index contributed by atoms with van der Waals surface area (Å²) in [4.78, 5) is 0. The summed E-state index contributed by atoms with van der Waals surface area (Å²) in [5.74, 6) is 0. The second-order valence-corrected chi connectivity index (χ2v) is 11.8. The van der Waals surface area contributed by atoms with Gasteiger partial charge in [-0.1, -0.05) is 103 Å². The van der Waals surface area contributed by atoms with Crippen LogP contribution in [0.25, 0.3) is 88.0 Å². The molecule has 0 atom stereocenters. The van der Waals surface area contributed by atoms with E-state index >= 15 is 0 Å². The van der Waals surface area contributed by atoms with Crippen molar-refractivity contribution < 1.29 is 0 Å². The Morgan fingerprint density at radius 2 is 0.953 bits per heavy atom. The maximum atomic E-state index is 7.37. The van der Waals surface area contributed by atoms with E-state index < -0.39 is 0 Å². The first-order valence-corrected chi connectivity index (χ1v) is 15.0. The predicted octanol–water partition coefficient (Wildman–Crippen LogP) is 11.3. The lowest BCUT2D eigenvalue weighted by atomic mass is 9.90. The average Bonchev–Trinajstić information content (AvgIpc) is 3.53. The zero-order valence-corrected chi connectivity index (χ0v) is 23.8. The van der Waals surface area contributed by atoms with E-state index in [1.54, 1.807) is 0 Å². The summed E-state index contributed by atoms with van der Waals surface area (Å²) in [7, 11) is 0. The number of para-hydroxylation sites is 3. The Balaban J connectivity index is 1.55. The van der Waals surface area contributed by atoms with Gasteiger partial charge in [-0.3, -0.25) is 0 Å². The lowest BCUT2D eigenvalue weighted by molar-refractivity contribution is 1.18. The Kier molecular flexibility index (Phi) is 4.53. The van der Waals surface area contributed by atoms with Crippen LogP contribution in [0.4, 0.5) is 0 Å². The molecule has 9 aromatic rings. The van der Waals surface area contributed by atoms with Crippen molar-refractivity contribution in [2.75, 3.05) is 0 Å². The highest BCUT2D eigenvalue weighted by Crippen LogP contribution is 2.54. The molecule has 0 N–H and O–H groups in total. The lowest BCUT2D eigenvalue weighted by Crippen LogP contribution is -1.96. The van der Waals surface area contributed by atoms with Crippen LogP contribution in [0, 0.1) is 0 Å². The standard InChI is InChI=1S/C40H23ClN2/c41-31-23-35-40-36-27(19-11-21-33(36)43(35)25-14-5-2-6-15-25)26-16-7-8-17-28(26)38-37-29-18-9-10-20-32(29)42(24-12-3-1-4-13-24)34(37)22-30(31)39(38)40/h1-23H. The van der Waals surface area contributed by atoms with E-state index in [1.807, 2.05) is 0 Å². The van der Waals surface area contributed by atoms with Crippen molar-refractivity contribution in [3.63, 3.8) is 0 Å². The Hall–Kier alpha value is -5.31. The normalized spacial score (nSPS) is 12.3. The molecular weight excluding hydrogens is 544 g/mol. The maximum Gasteiger partial charge on any atom is 0.0562 e. The van der Waals surface area contributed by atoms with Crippen molar-refractivity contribution in [2.45, 2.75) is 0 Å². The van der Waals surface area contributed by atoms with Crippen LogP contribution < -0.4 is 0 Å². The van der Waals surface area contributed by atoms with Gasteiger partial charge in [0.2, 0.25) is 0 Å². The van der Waals surface area contributed by atoms with Crippen LogP contribution in [-0.2, 0) is 0 Å². The molecule has 0 amide bonds. The molecule has 2 aromatic heterocycles. The summed E-state index contributed by atoms with van der Waals surface area (Å²) in [5.41, 5.74) is 11.9. The number of nitrogens with zero attached hydrogens (tertiary/aromatic N) is 2. The molecule has 7 aromatic carbocycles. The molecule has 0 unspecified atom stereocenters. The van der Waals surface area contributed by atoms with Gasteiger partial charge in [-0.15, -0.1) is 0 Å². The van der Waals surface area contributed by atoms with Crippen LogP contribution in [0.1, 0.15) is 0 Å². The van der Waals surface area contributed by atoms with E-state index in [9.17, 15) is 0 Å². The van der Waals surface area contributed by atoms with E-state index in [0.717, 1.165) is 32.8 Å². The summed E-state index contributed by atoms with van der Waals surface area (Å²) < 4.78 is 4.78. The molecule has 2 heterocycles. The van der Waals surface area contributed by atoms with Gasteiger partial charge in [-0.2, -0.15) is 0 Å². The van der Waals surface area contributed by atoms with E-state index in [4.69, 9.17) is 11.6 Å². The molecule has 0 saturated carbocycles. The molecule has 10 rings (SSSR count). The smallest absolute Gasteiger partial charge is 0.0562 e. The Morgan fingerprint density at radius 1 is 0.372 bits per heavy atom. The van der Waals surface area contributed by atoms with E-state index in [1.165, 1.54) is 60.2 Å². The fourth-order valence-electron chi connectivity index (χ4n) is 7.66. The van der Waals surface area contributed by atoms with E-state index in [-0.39, 0.29) is 0 Å². The highest BCUT2D eigenvalue weighted by atomic mass is 35.5. The van der Waals surface area contributed by atoms with Gasteiger partial charge in [0.25, 0.3) is 0 Å². The van der Waals surface area contributed by atoms with Gasteiger partial charge in [0.1, 0.15) is 0 Å². The first-order valence-electron chi connectivity index (χ1n) is 14.7. The summed E-state index contributed by atoms with van der Waals surface area (Å²) in [6, 6.07) is 50.2. The van der Waals surface area contributed by atoms with Crippen LogP contribution >= 0.6 is 11.6 Å². The molecule has 1 aliphatic rings. The van der Waals surface area contributed by atoms with Crippen LogP contribution in [0.15, 0.2) is 140 Å². The quantitative estimate of drug-likeness (QED) is 0.197. The van der Waals surface area contributed by atoms with Crippen molar-refractivity contribution in [2.24, 2.45) is 0 Å². The van der Waals surface area contributed by atoms with Crippen LogP contribution in [0.3, 0.4) is 0 Å². The number of benzene rings is 7. The molecule has 43 heavy (non-hydrogen) atoms. The molecule has 0 saturated heterocycles. The summed E-state index contributed by atoms with van der Waals surface area (Å²) in [6.45, 7) is 0. The minimum Gasteiger partial charge on any atom is -0.309 e. The van der Waals surface area contributed by atoms with Gasteiger partial charge >= 0.3 is 0 Å². The first kappa shape index (κ1) is 23.3. The van der Waals surface area contributed by atoms with Crippen molar-refractivity contribution >= 4 is 66.0 Å². The van der Waals surface area contributed by atoms with Crippen LogP contribution in [0.2, 0.25) is 5.02 Å². The van der Waals surface area contributed by atoms with Crippen molar-refractivity contribution in [3.8, 4) is 33.6 Å². The number of aromatic nitrogens is 2. The topological polar surface area (TPSA) is 9.86 Å². The molecule has 0 aliphatic heterocycles. The minimum atomic E-state index is 0.761. The van der Waals surface area contributed by atoms with Gasteiger partial charge < -0.3 is 9.13 Å². The largest absolute Gasteiger partial charge is 0.309 e. The van der Waals surface area contributed by atoms with Gasteiger partial charge in [0, 0.05) is 49.3 Å². The van der Waals surface area contributed by atoms with Gasteiger partial charge in [-0.05, 0) is 65.2 Å². The monoisotopic (exact) mass is 566 g/mol. The van der Waals surface area contributed by atoms with Crippen molar-refractivity contribution in [3.05, 3.63) is 145 Å². The third-order valence-electron chi connectivity index (χ3n) is 9.28. The molecule has 0 spiro atoms. The average molecular weight is 567 g/mol. The SMILES string of the molecule is Clc1cc2c3c4c(c5c6ccccc6n(-c6ccccc6)c5cc14)-c1ccccc1-c1cccc(c13)n2-c1ccccc1. The summed E-state index contributed by atoms with van der Waals surface area (Å²) in [6.07, 6.45) is 0. The summed E-state index contributed by atoms with van der Waals surface area (Å²) >= 11 is 7.37. The van der Waals surface area contributed by atoms with Crippen LogP contribution in [-0.4, -0.2) is 9.13 Å². The number of hydrogen-bond donors (Lipinski definition) is 0. The van der Waals surface area contributed by atoms with Crippen LogP contribution in [0.5, 0.6) is 0 Å². The number of hydrogen-bond acceptors (Lipinski definition) is 0. The molecule has 200 valence electrons. The van der Waals surface area contributed by atoms with E-state index in [2.05, 4.69) is 149 Å². The highest BCUT2D eigenvalue weighted by molar-refractivity contribution is 6.43.